The van der Waals surface area contributed by atoms with E-state index in [-0.39, 0.29) is 0 Å². The second kappa shape index (κ2) is 6.21. The molecular formula is C9H9F13OSi. The van der Waals surface area contributed by atoms with Crippen LogP contribution in [0.2, 0.25) is 0 Å². The smallest absolute Gasteiger partial charge is 0.384 e. The molecule has 0 aliphatic heterocycles. The molecule has 0 aromatic rings. The predicted molar refractivity (Wildman–Crippen MR) is 56.1 cm³/mol. The van der Waals surface area contributed by atoms with Gasteiger partial charge in [0.2, 0.25) is 0 Å². The third-order valence-electron chi connectivity index (χ3n) is 2.89. The molecule has 0 spiro atoms. The van der Waals surface area contributed by atoms with Crippen molar-refractivity contribution in [2.75, 3.05) is 6.61 Å². The Labute approximate surface area is 128 Å². The molecule has 0 aromatic heterocycles. The van der Waals surface area contributed by atoms with E-state index in [2.05, 4.69) is 4.43 Å². The standard InChI is InChI=1S/C9H9F13OSi/c1-3(10)5(13,14)7(17,18)9(21,22)8(19,20)6(15,16)4(11,12)2-23-24/h3H,2H2,1,24H3. The molecule has 0 saturated carbocycles. The zero-order valence-corrected chi connectivity index (χ0v) is 13.6. The fourth-order valence-corrected chi connectivity index (χ4v) is 1.72. The second-order valence-electron chi connectivity index (χ2n) is 4.67. The van der Waals surface area contributed by atoms with E-state index in [1.165, 1.54) is 0 Å². The van der Waals surface area contributed by atoms with E-state index in [9.17, 15) is 57.1 Å². The van der Waals surface area contributed by atoms with Gasteiger partial charge in [0.25, 0.3) is 0 Å². The topological polar surface area (TPSA) is 9.23 Å². The van der Waals surface area contributed by atoms with Gasteiger partial charge in [0, 0.05) is 0 Å². The monoisotopic (exact) mass is 408 g/mol. The number of hydrogen-bond acceptors (Lipinski definition) is 1. The van der Waals surface area contributed by atoms with Crippen molar-refractivity contribution in [2.45, 2.75) is 48.6 Å². The summed E-state index contributed by atoms with van der Waals surface area (Å²) in [6.45, 7) is -3.00. The Morgan fingerprint density at radius 1 is 0.708 bits per heavy atom. The predicted octanol–water partition coefficient (Wildman–Crippen LogP) is 3.45. The summed E-state index contributed by atoms with van der Waals surface area (Å²) in [4.78, 5) is 0. The largest absolute Gasteiger partial charge is 0.422 e. The van der Waals surface area contributed by atoms with Crippen LogP contribution >= 0.6 is 0 Å². The molecule has 0 aliphatic rings. The van der Waals surface area contributed by atoms with Gasteiger partial charge in [-0.1, -0.05) is 0 Å². The molecule has 0 N–H and O–H groups in total. The van der Waals surface area contributed by atoms with Crippen LogP contribution in [0.15, 0.2) is 0 Å². The molecule has 0 saturated heterocycles. The third kappa shape index (κ3) is 2.97. The first-order valence-electron chi connectivity index (χ1n) is 5.65. The van der Waals surface area contributed by atoms with Crippen LogP contribution < -0.4 is 0 Å². The van der Waals surface area contributed by atoms with Gasteiger partial charge >= 0.3 is 35.5 Å². The molecule has 24 heavy (non-hydrogen) atoms. The normalized spacial score (nSPS) is 17.2. The van der Waals surface area contributed by atoms with Crippen molar-refractivity contribution in [2.24, 2.45) is 0 Å². The van der Waals surface area contributed by atoms with E-state index in [4.69, 9.17) is 0 Å². The van der Waals surface area contributed by atoms with Gasteiger partial charge in [-0.15, -0.1) is 0 Å². The Morgan fingerprint density at radius 2 is 1.04 bits per heavy atom. The molecule has 0 fully saturated rings. The molecule has 0 radical (unpaired) electrons. The molecule has 1 unspecified atom stereocenters. The molecule has 1 nitrogen and oxygen atoms in total. The van der Waals surface area contributed by atoms with E-state index >= 15 is 0 Å². The van der Waals surface area contributed by atoms with Crippen molar-refractivity contribution in [3.63, 3.8) is 0 Å². The van der Waals surface area contributed by atoms with Crippen LogP contribution in [0.1, 0.15) is 6.92 Å². The maximum atomic E-state index is 13.1. The van der Waals surface area contributed by atoms with Gasteiger partial charge in [-0.2, -0.15) is 52.7 Å². The van der Waals surface area contributed by atoms with Gasteiger partial charge in [0.05, 0.1) is 0 Å². The highest BCUT2D eigenvalue weighted by molar-refractivity contribution is 5.97. The van der Waals surface area contributed by atoms with Gasteiger partial charge in [0.1, 0.15) is 17.1 Å². The lowest BCUT2D eigenvalue weighted by molar-refractivity contribution is -0.429. The second-order valence-corrected chi connectivity index (χ2v) is 5.25. The van der Waals surface area contributed by atoms with Gasteiger partial charge in [-0.05, 0) is 6.92 Å². The van der Waals surface area contributed by atoms with Crippen molar-refractivity contribution in [1.29, 1.82) is 0 Å². The zero-order valence-electron chi connectivity index (χ0n) is 11.6. The van der Waals surface area contributed by atoms with Crippen LogP contribution in [0.25, 0.3) is 0 Å². The maximum Gasteiger partial charge on any atom is 0.384 e. The number of hydrogen-bond donors (Lipinski definition) is 0. The van der Waals surface area contributed by atoms with Crippen molar-refractivity contribution in [3.05, 3.63) is 0 Å². The number of rotatable bonds is 8. The highest BCUT2D eigenvalue weighted by atomic mass is 28.2. The summed E-state index contributed by atoms with van der Waals surface area (Å²) in [6.07, 6.45) is -4.19. The van der Waals surface area contributed by atoms with Crippen LogP contribution in [-0.2, 0) is 4.43 Å². The lowest BCUT2D eigenvalue weighted by atomic mass is 9.90. The molecule has 0 amide bonds. The third-order valence-corrected chi connectivity index (χ3v) is 3.17. The first-order chi connectivity index (χ1) is 10.3. The van der Waals surface area contributed by atoms with Crippen molar-refractivity contribution in [3.8, 4) is 0 Å². The molecule has 15 heteroatoms. The Hall–Kier alpha value is -0.733. The zero-order chi connectivity index (χ0) is 20.0. The minimum atomic E-state index is -7.73. The maximum absolute atomic E-state index is 13.1. The first-order valence-corrected chi connectivity index (χ1v) is 6.47. The first kappa shape index (κ1) is 23.3. The van der Waals surface area contributed by atoms with Crippen molar-refractivity contribution < 1.29 is 61.5 Å². The highest BCUT2D eigenvalue weighted by Gasteiger charge is 2.90. The molecule has 0 aliphatic carbocycles. The summed E-state index contributed by atoms with van der Waals surface area (Å²) in [7, 11) is -0.753. The van der Waals surface area contributed by atoms with E-state index in [1.807, 2.05) is 0 Å². The fraction of sp³-hybridized carbons (Fsp3) is 1.00. The number of halogens is 13. The molecule has 0 heterocycles. The summed E-state index contributed by atoms with van der Waals surface area (Å²) >= 11 is 0. The van der Waals surface area contributed by atoms with Gasteiger partial charge in [-0.3, -0.25) is 0 Å². The Bertz CT molecular complexity index is 447. The lowest BCUT2D eigenvalue weighted by Crippen LogP contribution is -2.72. The fourth-order valence-electron chi connectivity index (χ4n) is 1.36. The van der Waals surface area contributed by atoms with Crippen molar-refractivity contribution in [1.82, 2.24) is 0 Å². The molecule has 0 rings (SSSR count). The molecule has 146 valence electrons. The molecular weight excluding hydrogens is 399 g/mol. The molecule has 1 atom stereocenters. The highest BCUT2D eigenvalue weighted by Crippen LogP contribution is 2.60. The Morgan fingerprint density at radius 3 is 1.33 bits per heavy atom. The van der Waals surface area contributed by atoms with Gasteiger partial charge in [-0.25, -0.2) is 4.39 Å². The lowest BCUT2D eigenvalue weighted by Gasteiger charge is -2.41. The summed E-state index contributed by atoms with van der Waals surface area (Å²) in [6, 6.07) is 0. The number of alkyl halides is 13. The summed E-state index contributed by atoms with van der Waals surface area (Å²) in [5.74, 6) is -42.7. The van der Waals surface area contributed by atoms with Crippen molar-refractivity contribution >= 4 is 10.5 Å². The van der Waals surface area contributed by atoms with E-state index in [0.29, 0.717) is 0 Å². The summed E-state index contributed by atoms with van der Waals surface area (Å²) in [5.41, 5.74) is 0. The Balaban J connectivity index is 6.27. The van der Waals surface area contributed by atoms with Gasteiger partial charge < -0.3 is 4.43 Å². The minimum Gasteiger partial charge on any atom is -0.422 e. The molecule has 0 bridgehead atoms. The van der Waals surface area contributed by atoms with Crippen LogP contribution in [0.3, 0.4) is 0 Å². The van der Waals surface area contributed by atoms with E-state index in [1.54, 1.807) is 0 Å². The van der Waals surface area contributed by atoms with Crippen LogP contribution in [0.4, 0.5) is 57.1 Å². The summed E-state index contributed by atoms with van der Waals surface area (Å²) in [5, 5.41) is 0. The van der Waals surface area contributed by atoms with Crippen LogP contribution in [0, 0.1) is 0 Å². The average Bonchev–Trinajstić information content (AvgIpc) is 2.37. The quantitative estimate of drug-likeness (QED) is 0.442. The average molecular weight is 408 g/mol. The Kier molecular flexibility index (Phi) is 6.02. The minimum absolute atomic E-state index is 0.440. The summed E-state index contributed by atoms with van der Waals surface area (Å²) < 4.78 is 172. The van der Waals surface area contributed by atoms with Crippen LogP contribution in [-0.4, -0.2) is 58.8 Å². The molecule has 0 aromatic carbocycles. The van der Waals surface area contributed by atoms with E-state index in [0.717, 1.165) is 0 Å². The van der Waals surface area contributed by atoms with Crippen LogP contribution in [0.5, 0.6) is 0 Å². The van der Waals surface area contributed by atoms with E-state index < -0.39 is 65.7 Å². The van der Waals surface area contributed by atoms with Gasteiger partial charge in [0.15, 0.2) is 6.17 Å². The SMILES string of the molecule is CC(F)C(F)(F)C(F)(F)C(F)(F)C(F)(F)C(F)(F)C(F)(F)CO[SiH3].